The number of piperidine rings is 1. The average Bonchev–Trinajstić information content (AvgIpc) is 2.84. The molecule has 2 aromatic rings. The quantitative estimate of drug-likeness (QED) is 0.712. The molecule has 3 aliphatic rings. The van der Waals surface area contributed by atoms with Gasteiger partial charge in [-0.05, 0) is 64.2 Å². The highest BCUT2D eigenvalue weighted by atomic mass is 16.5. The second-order valence-corrected chi connectivity index (χ2v) is 9.99. The fourth-order valence-electron chi connectivity index (χ4n) is 5.83. The molecule has 0 radical (unpaired) electrons. The number of benzene rings is 1. The molecule has 1 aromatic heterocycles. The van der Waals surface area contributed by atoms with Crippen LogP contribution in [0, 0.1) is 11.3 Å². The lowest BCUT2D eigenvalue weighted by molar-refractivity contribution is -0.0408. The molecule has 0 unspecified atom stereocenters. The zero-order valence-electron chi connectivity index (χ0n) is 20.0. The molecule has 7 heteroatoms. The maximum atomic E-state index is 9.48. The van der Waals surface area contributed by atoms with Crippen molar-refractivity contribution in [1.82, 2.24) is 19.7 Å². The molecule has 0 saturated carbocycles. The Balaban J connectivity index is 1.22. The van der Waals surface area contributed by atoms with Gasteiger partial charge in [-0.1, -0.05) is 0 Å². The molecule has 33 heavy (non-hydrogen) atoms. The number of pyridine rings is 1. The van der Waals surface area contributed by atoms with E-state index in [9.17, 15) is 5.26 Å². The van der Waals surface area contributed by atoms with Gasteiger partial charge in [0.2, 0.25) is 0 Å². The minimum absolute atomic E-state index is 0.173. The van der Waals surface area contributed by atoms with Crippen molar-refractivity contribution in [3.8, 4) is 6.07 Å². The largest absolute Gasteiger partial charge is 0.370 e. The number of anilines is 1. The van der Waals surface area contributed by atoms with Crippen LogP contribution >= 0.6 is 0 Å². The van der Waals surface area contributed by atoms with E-state index in [1.54, 1.807) is 6.20 Å². The lowest BCUT2D eigenvalue weighted by Crippen LogP contribution is -2.56. The maximum Gasteiger partial charge on any atom is 0.101 e. The third-order valence-electron chi connectivity index (χ3n) is 7.61. The van der Waals surface area contributed by atoms with E-state index in [1.165, 1.54) is 39.0 Å². The van der Waals surface area contributed by atoms with Crippen LogP contribution in [0.3, 0.4) is 0 Å². The van der Waals surface area contributed by atoms with Crippen molar-refractivity contribution in [2.45, 2.75) is 38.0 Å². The van der Waals surface area contributed by atoms with Crippen LogP contribution in [-0.4, -0.2) is 104 Å². The molecule has 0 amide bonds. The van der Waals surface area contributed by atoms with Crippen LogP contribution in [0.1, 0.15) is 25.3 Å². The van der Waals surface area contributed by atoms with Gasteiger partial charge in [0.25, 0.3) is 0 Å². The zero-order chi connectivity index (χ0) is 22.8. The van der Waals surface area contributed by atoms with Gasteiger partial charge in [0.05, 0.1) is 23.3 Å². The van der Waals surface area contributed by atoms with Gasteiger partial charge in [-0.15, -0.1) is 0 Å². The number of likely N-dealkylation sites (tertiary alicyclic amines) is 1. The molecule has 176 valence electrons. The normalized spacial score (nSPS) is 26.5. The van der Waals surface area contributed by atoms with Crippen molar-refractivity contribution in [2.75, 3.05) is 70.9 Å². The predicted molar refractivity (Wildman–Crippen MR) is 132 cm³/mol. The van der Waals surface area contributed by atoms with E-state index < -0.39 is 0 Å². The highest BCUT2D eigenvalue weighted by Gasteiger charge is 2.31. The molecule has 0 spiro atoms. The number of aromatic nitrogens is 1. The Bertz CT molecular complexity index is 990. The van der Waals surface area contributed by atoms with Crippen molar-refractivity contribution in [3.05, 3.63) is 36.0 Å². The van der Waals surface area contributed by atoms with Gasteiger partial charge in [-0.25, -0.2) is 0 Å². The number of rotatable bonds is 4. The van der Waals surface area contributed by atoms with Gasteiger partial charge in [0.1, 0.15) is 6.07 Å². The standard InChI is InChI=1S/C26H36N6O/c1-20-17-32(25-6-5-21(16-27)26-24(25)4-3-9-28-26)19-23(33-20)18-30-12-14-31(15-13-30)22-7-10-29(2)11-8-22/h3-6,9,20,22-23H,7-8,10-15,17-19H2,1-2H3/t20-,23-/m1/s1. The zero-order valence-corrected chi connectivity index (χ0v) is 20.0. The van der Waals surface area contributed by atoms with E-state index in [2.05, 4.69) is 56.8 Å². The van der Waals surface area contributed by atoms with Gasteiger partial charge in [-0.2, -0.15) is 5.26 Å². The number of piperazine rings is 1. The highest BCUT2D eigenvalue weighted by molar-refractivity contribution is 5.95. The van der Waals surface area contributed by atoms with Crippen LogP contribution in [0.15, 0.2) is 30.5 Å². The fraction of sp³-hybridized carbons (Fsp3) is 0.615. The Kier molecular flexibility index (Phi) is 6.79. The fourth-order valence-corrected chi connectivity index (χ4v) is 5.83. The summed E-state index contributed by atoms with van der Waals surface area (Å²) in [5, 5.41) is 10.5. The number of nitrogens with zero attached hydrogens (tertiary/aromatic N) is 6. The number of morpholine rings is 1. The van der Waals surface area contributed by atoms with Crippen LogP contribution in [0.5, 0.6) is 0 Å². The minimum atomic E-state index is 0.173. The predicted octanol–water partition coefficient (Wildman–Crippen LogP) is 2.41. The van der Waals surface area contributed by atoms with Crippen molar-refractivity contribution in [3.63, 3.8) is 0 Å². The molecule has 3 fully saturated rings. The molecule has 1 aromatic carbocycles. The third-order valence-corrected chi connectivity index (χ3v) is 7.61. The summed E-state index contributed by atoms with van der Waals surface area (Å²) in [5.41, 5.74) is 2.58. The maximum absolute atomic E-state index is 9.48. The van der Waals surface area contributed by atoms with Gasteiger partial charge in [0.15, 0.2) is 0 Å². The molecular formula is C26H36N6O. The Morgan fingerprint density at radius 3 is 2.61 bits per heavy atom. The Labute approximate surface area is 197 Å². The van der Waals surface area contributed by atoms with Crippen LogP contribution < -0.4 is 4.90 Å². The molecule has 7 nitrogen and oxygen atoms in total. The molecule has 0 N–H and O–H groups in total. The smallest absolute Gasteiger partial charge is 0.101 e. The third kappa shape index (κ3) is 4.99. The van der Waals surface area contributed by atoms with Crippen molar-refractivity contribution >= 4 is 16.6 Å². The molecular weight excluding hydrogens is 412 g/mol. The van der Waals surface area contributed by atoms with E-state index in [1.807, 2.05) is 12.1 Å². The monoisotopic (exact) mass is 448 g/mol. The Morgan fingerprint density at radius 1 is 1.06 bits per heavy atom. The molecule has 4 heterocycles. The summed E-state index contributed by atoms with van der Waals surface area (Å²) >= 11 is 0. The molecule has 5 rings (SSSR count). The number of ether oxygens (including phenoxy) is 1. The topological polar surface area (TPSA) is 58.9 Å². The average molecular weight is 449 g/mol. The Morgan fingerprint density at radius 2 is 1.85 bits per heavy atom. The van der Waals surface area contributed by atoms with Crippen LogP contribution in [0.2, 0.25) is 0 Å². The second kappa shape index (κ2) is 9.94. The first-order valence-electron chi connectivity index (χ1n) is 12.4. The highest BCUT2D eigenvalue weighted by Crippen LogP contribution is 2.30. The van der Waals surface area contributed by atoms with Gasteiger partial charge >= 0.3 is 0 Å². The number of nitriles is 1. The van der Waals surface area contributed by atoms with E-state index in [0.29, 0.717) is 5.56 Å². The number of fused-ring (bicyclic) bond motifs is 1. The van der Waals surface area contributed by atoms with Crippen molar-refractivity contribution in [1.29, 1.82) is 5.26 Å². The summed E-state index contributed by atoms with van der Waals surface area (Å²) < 4.78 is 6.38. The lowest BCUT2D eigenvalue weighted by Gasteiger charge is -2.44. The van der Waals surface area contributed by atoms with Crippen molar-refractivity contribution < 1.29 is 4.74 Å². The summed E-state index contributed by atoms with van der Waals surface area (Å²) in [5.74, 6) is 0. The first-order chi connectivity index (χ1) is 16.1. The molecule has 0 aliphatic carbocycles. The minimum Gasteiger partial charge on any atom is -0.370 e. The van der Waals surface area contributed by atoms with Gasteiger partial charge < -0.3 is 14.5 Å². The lowest BCUT2D eigenvalue weighted by atomic mass is 10.0. The Hall–Kier alpha value is -2.24. The van der Waals surface area contributed by atoms with Gasteiger partial charge in [0, 0.05) is 69.1 Å². The molecule has 2 atom stereocenters. The number of hydrogen-bond donors (Lipinski definition) is 0. The summed E-state index contributed by atoms with van der Waals surface area (Å²) in [6, 6.07) is 11.1. The van der Waals surface area contributed by atoms with Gasteiger partial charge in [-0.3, -0.25) is 14.8 Å². The summed E-state index contributed by atoms with van der Waals surface area (Å²) in [7, 11) is 2.24. The van der Waals surface area contributed by atoms with E-state index >= 15 is 0 Å². The first kappa shape index (κ1) is 22.5. The second-order valence-electron chi connectivity index (χ2n) is 9.99. The molecule has 3 saturated heterocycles. The summed E-state index contributed by atoms with van der Waals surface area (Å²) in [4.78, 5) is 14.7. The van der Waals surface area contributed by atoms with E-state index in [4.69, 9.17) is 4.74 Å². The molecule has 0 bridgehead atoms. The van der Waals surface area contributed by atoms with Crippen LogP contribution in [0.4, 0.5) is 5.69 Å². The SMILES string of the molecule is C[C@@H]1CN(c2ccc(C#N)c3ncccc23)C[C@@H](CN2CCN(C3CCN(C)CC3)CC2)O1. The number of hydrogen-bond acceptors (Lipinski definition) is 7. The van der Waals surface area contributed by atoms with Crippen molar-refractivity contribution in [2.24, 2.45) is 0 Å². The summed E-state index contributed by atoms with van der Waals surface area (Å²) in [6.07, 6.45) is 4.74. The van der Waals surface area contributed by atoms with Crippen LogP contribution in [-0.2, 0) is 4.74 Å². The van der Waals surface area contributed by atoms with E-state index in [0.717, 1.165) is 55.4 Å². The summed E-state index contributed by atoms with van der Waals surface area (Å²) in [6.45, 7) is 11.9. The van der Waals surface area contributed by atoms with Crippen LogP contribution in [0.25, 0.3) is 10.9 Å². The van der Waals surface area contributed by atoms with E-state index in [-0.39, 0.29) is 12.2 Å². The first-order valence-corrected chi connectivity index (χ1v) is 12.4. The molecule has 3 aliphatic heterocycles.